The van der Waals surface area contributed by atoms with E-state index in [0.717, 1.165) is 40.7 Å². The van der Waals surface area contributed by atoms with Gasteiger partial charge in [-0.15, -0.1) is 0 Å². The fraction of sp³-hybridized carbons (Fsp3) is 0.368. The molecule has 0 bridgehead atoms. The molecule has 0 aliphatic heterocycles. The molecule has 26 heavy (non-hydrogen) atoms. The molecule has 0 aliphatic rings. The Morgan fingerprint density at radius 1 is 1.12 bits per heavy atom. The summed E-state index contributed by atoms with van der Waals surface area (Å²) in [6.07, 6.45) is 9.49. The highest BCUT2D eigenvalue weighted by molar-refractivity contribution is 5.72. The summed E-state index contributed by atoms with van der Waals surface area (Å²) in [5, 5.41) is 4.49. The van der Waals surface area contributed by atoms with E-state index in [0.29, 0.717) is 12.5 Å². The molecule has 7 nitrogen and oxygen atoms in total. The smallest absolute Gasteiger partial charge is 0.166 e. The number of nitrogens with zero attached hydrogens (tertiary/aromatic N) is 7. The molecule has 4 aromatic rings. The van der Waals surface area contributed by atoms with Crippen molar-refractivity contribution < 1.29 is 0 Å². The third-order valence-electron chi connectivity index (χ3n) is 4.43. The van der Waals surface area contributed by atoms with Gasteiger partial charge in [-0.25, -0.2) is 19.5 Å². The molecule has 4 aromatic heterocycles. The zero-order valence-corrected chi connectivity index (χ0v) is 15.6. The van der Waals surface area contributed by atoms with Gasteiger partial charge < -0.3 is 9.13 Å². The Morgan fingerprint density at radius 2 is 1.96 bits per heavy atom. The van der Waals surface area contributed by atoms with E-state index in [1.54, 1.807) is 0 Å². The van der Waals surface area contributed by atoms with Gasteiger partial charge >= 0.3 is 0 Å². The van der Waals surface area contributed by atoms with Crippen molar-refractivity contribution in [3.63, 3.8) is 0 Å². The van der Waals surface area contributed by atoms with Crippen molar-refractivity contribution in [1.29, 1.82) is 0 Å². The van der Waals surface area contributed by atoms with Crippen LogP contribution < -0.4 is 0 Å². The quantitative estimate of drug-likeness (QED) is 0.555. The van der Waals surface area contributed by atoms with Crippen LogP contribution >= 0.6 is 0 Å². The molecule has 4 heterocycles. The molecule has 7 heteroatoms. The molecule has 134 valence electrons. The van der Waals surface area contributed by atoms with Gasteiger partial charge in [-0.2, -0.15) is 5.10 Å². The standard InChI is InChI=1S/C19H23N7/c1-13(2)10-25-12-20-8-16(25)11-24-6-5-21-18(24)17-9-22-26-15(4)7-14(3)23-19(17)26/h5-9,12-13H,10-11H2,1-4H3. The van der Waals surface area contributed by atoms with Crippen LogP contribution in [0.3, 0.4) is 0 Å². The molecule has 0 N–H and O–H groups in total. The lowest BCUT2D eigenvalue weighted by Gasteiger charge is -2.12. The summed E-state index contributed by atoms with van der Waals surface area (Å²) < 4.78 is 6.20. The third-order valence-corrected chi connectivity index (χ3v) is 4.43. The average Bonchev–Trinajstić information content (AvgIpc) is 3.28. The molecule has 0 amide bonds. The zero-order valence-electron chi connectivity index (χ0n) is 15.6. The lowest BCUT2D eigenvalue weighted by Crippen LogP contribution is -2.10. The van der Waals surface area contributed by atoms with Crippen LogP contribution in [0.1, 0.15) is 30.9 Å². The summed E-state index contributed by atoms with van der Waals surface area (Å²) in [5.74, 6) is 1.44. The van der Waals surface area contributed by atoms with Crippen LogP contribution in [0.5, 0.6) is 0 Å². The molecule has 0 saturated heterocycles. The van der Waals surface area contributed by atoms with Gasteiger partial charge in [0.25, 0.3) is 0 Å². The van der Waals surface area contributed by atoms with Crippen LogP contribution in [0.25, 0.3) is 17.0 Å². The van der Waals surface area contributed by atoms with Crippen molar-refractivity contribution in [1.82, 2.24) is 33.7 Å². The second-order valence-corrected chi connectivity index (χ2v) is 7.14. The topological polar surface area (TPSA) is 65.8 Å². The zero-order chi connectivity index (χ0) is 18.3. The predicted octanol–water partition coefficient (Wildman–Crippen LogP) is 3.11. The van der Waals surface area contributed by atoms with Crippen LogP contribution in [0.2, 0.25) is 0 Å². The van der Waals surface area contributed by atoms with Crippen LogP contribution in [0, 0.1) is 19.8 Å². The molecule has 0 spiro atoms. The molecule has 0 fully saturated rings. The van der Waals surface area contributed by atoms with Gasteiger partial charge in [-0.3, -0.25) is 0 Å². The molecule has 0 atom stereocenters. The van der Waals surface area contributed by atoms with E-state index in [9.17, 15) is 0 Å². The predicted molar refractivity (Wildman–Crippen MR) is 99.8 cm³/mol. The van der Waals surface area contributed by atoms with Gasteiger partial charge in [0.2, 0.25) is 0 Å². The highest BCUT2D eigenvalue weighted by Gasteiger charge is 2.16. The van der Waals surface area contributed by atoms with Crippen molar-refractivity contribution in [2.45, 2.75) is 40.8 Å². The van der Waals surface area contributed by atoms with E-state index in [-0.39, 0.29) is 0 Å². The summed E-state index contributed by atoms with van der Waals surface area (Å²) in [4.78, 5) is 13.6. The summed E-state index contributed by atoms with van der Waals surface area (Å²) in [6.45, 7) is 10.1. The third kappa shape index (κ3) is 2.89. The number of hydrogen-bond acceptors (Lipinski definition) is 4. The highest BCUT2D eigenvalue weighted by Crippen LogP contribution is 2.24. The lowest BCUT2D eigenvalue weighted by molar-refractivity contribution is 0.504. The number of fused-ring (bicyclic) bond motifs is 1. The first kappa shape index (κ1) is 16.5. The normalized spacial score (nSPS) is 11.7. The Balaban J connectivity index is 1.74. The van der Waals surface area contributed by atoms with E-state index >= 15 is 0 Å². The molecule has 0 radical (unpaired) electrons. The molecular weight excluding hydrogens is 326 g/mol. The number of hydrogen-bond donors (Lipinski definition) is 0. The van der Waals surface area contributed by atoms with E-state index in [2.05, 4.69) is 43.0 Å². The first-order valence-electron chi connectivity index (χ1n) is 8.85. The molecule has 4 rings (SSSR count). The number of imidazole rings is 2. The van der Waals surface area contributed by atoms with Gasteiger partial charge in [-0.05, 0) is 25.8 Å². The maximum absolute atomic E-state index is 4.68. The Bertz CT molecular complexity index is 1050. The Hall–Kier alpha value is -2.96. The Morgan fingerprint density at radius 3 is 2.77 bits per heavy atom. The van der Waals surface area contributed by atoms with Crippen LogP contribution in [-0.4, -0.2) is 33.7 Å². The van der Waals surface area contributed by atoms with E-state index in [4.69, 9.17) is 0 Å². The van der Waals surface area contributed by atoms with Gasteiger partial charge in [0.1, 0.15) is 5.82 Å². The van der Waals surface area contributed by atoms with E-state index in [1.165, 1.54) is 0 Å². The maximum atomic E-state index is 4.68. The summed E-state index contributed by atoms with van der Waals surface area (Å²) in [7, 11) is 0. The molecule has 0 saturated carbocycles. The van der Waals surface area contributed by atoms with Gasteiger partial charge in [0, 0.05) is 36.5 Å². The lowest BCUT2D eigenvalue weighted by atomic mass is 10.2. The number of aryl methyl sites for hydroxylation is 2. The first-order chi connectivity index (χ1) is 12.5. The van der Waals surface area contributed by atoms with Crippen LogP contribution in [0.15, 0.2) is 37.2 Å². The van der Waals surface area contributed by atoms with Crippen molar-refractivity contribution in [3.8, 4) is 11.4 Å². The maximum Gasteiger partial charge on any atom is 0.166 e. The van der Waals surface area contributed by atoms with Crippen LogP contribution in [0.4, 0.5) is 0 Å². The van der Waals surface area contributed by atoms with Gasteiger partial charge in [0.15, 0.2) is 5.65 Å². The second kappa shape index (κ2) is 6.40. The summed E-state index contributed by atoms with van der Waals surface area (Å²) >= 11 is 0. The number of aromatic nitrogens is 7. The molecular formula is C19H23N7. The summed E-state index contributed by atoms with van der Waals surface area (Å²) in [6, 6.07) is 2.03. The van der Waals surface area contributed by atoms with Crippen molar-refractivity contribution in [2.75, 3.05) is 0 Å². The van der Waals surface area contributed by atoms with Gasteiger partial charge in [0.05, 0.1) is 30.3 Å². The van der Waals surface area contributed by atoms with Gasteiger partial charge in [-0.1, -0.05) is 13.8 Å². The largest absolute Gasteiger partial charge is 0.333 e. The first-order valence-corrected chi connectivity index (χ1v) is 8.85. The summed E-state index contributed by atoms with van der Waals surface area (Å²) in [5.41, 5.74) is 4.98. The van der Waals surface area contributed by atoms with Crippen molar-refractivity contribution >= 4 is 5.65 Å². The fourth-order valence-electron chi connectivity index (χ4n) is 3.32. The fourth-order valence-corrected chi connectivity index (χ4v) is 3.32. The average molecular weight is 349 g/mol. The van der Waals surface area contributed by atoms with Crippen molar-refractivity contribution in [3.05, 3.63) is 54.3 Å². The minimum absolute atomic E-state index is 0.569. The van der Waals surface area contributed by atoms with Crippen molar-refractivity contribution in [2.24, 2.45) is 5.92 Å². The Kier molecular flexibility index (Phi) is 4.06. The monoisotopic (exact) mass is 349 g/mol. The Labute approximate surface area is 152 Å². The van der Waals surface area contributed by atoms with E-state index < -0.39 is 0 Å². The minimum atomic E-state index is 0.569. The highest BCUT2D eigenvalue weighted by atomic mass is 15.3. The SMILES string of the molecule is Cc1cc(C)n2ncc(-c3nccn3Cc3cncn3CC(C)C)c2n1. The molecule has 0 aromatic carbocycles. The second-order valence-electron chi connectivity index (χ2n) is 7.14. The minimum Gasteiger partial charge on any atom is -0.333 e. The van der Waals surface area contributed by atoms with Crippen LogP contribution in [-0.2, 0) is 13.1 Å². The number of rotatable bonds is 5. The van der Waals surface area contributed by atoms with E-state index in [1.807, 2.05) is 55.5 Å². The molecule has 0 aliphatic carbocycles. The molecule has 0 unspecified atom stereocenters.